The van der Waals surface area contributed by atoms with Crippen LogP contribution in [-0.4, -0.2) is 13.0 Å². The van der Waals surface area contributed by atoms with Crippen LogP contribution in [0.4, 0.5) is 21.5 Å². The highest BCUT2D eigenvalue weighted by molar-refractivity contribution is 6.39. The van der Waals surface area contributed by atoms with Crippen LogP contribution < -0.4 is 16.4 Å². The highest BCUT2D eigenvalue weighted by Gasteiger charge is 2.14. The standard InChI is InChI=1S/C14H12Cl2FN3O/c1-19-14(21)9-3-2-8(18)6-12(9)20-13-10(15)4-7(17)5-11(13)16/h2-6,20H,18H2,1H3,(H,19,21). The van der Waals surface area contributed by atoms with Crippen LogP contribution in [0.25, 0.3) is 0 Å². The zero-order chi connectivity index (χ0) is 15.6. The van der Waals surface area contributed by atoms with Gasteiger partial charge < -0.3 is 16.4 Å². The first-order chi connectivity index (χ1) is 9.92. The molecule has 0 aliphatic rings. The van der Waals surface area contributed by atoms with Gasteiger partial charge in [0, 0.05) is 12.7 Å². The molecule has 0 spiro atoms. The van der Waals surface area contributed by atoms with Crippen LogP contribution in [0.15, 0.2) is 30.3 Å². The quantitative estimate of drug-likeness (QED) is 0.751. The third-order valence-electron chi connectivity index (χ3n) is 2.78. The minimum absolute atomic E-state index is 0.102. The SMILES string of the molecule is CNC(=O)c1ccc(N)cc1Nc1c(Cl)cc(F)cc1Cl. The van der Waals surface area contributed by atoms with E-state index in [4.69, 9.17) is 28.9 Å². The smallest absolute Gasteiger partial charge is 0.253 e. The minimum Gasteiger partial charge on any atom is -0.399 e. The Kier molecular flexibility index (Phi) is 4.55. The van der Waals surface area contributed by atoms with Gasteiger partial charge in [0.1, 0.15) is 5.82 Å². The Hall–Kier alpha value is -1.98. The summed E-state index contributed by atoms with van der Waals surface area (Å²) in [6.45, 7) is 0. The van der Waals surface area contributed by atoms with Gasteiger partial charge in [0.15, 0.2) is 0 Å². The average molecular weight is 328 g/mol. The molecule has 0 aliphatic carbocycles. The lowest BCUT2D eigenvalue weighted by Gasteiger charge is -2.14. The van der Waals surface area contributed by atoms with Gasteiger partial charge in [-0.15, -0.1) is 0 Å². The van der Waals surface area contributed by atoms with Gasteiger partial charge in [-0.2, -0.15) is 0 Å². The lowest BCUT2D eigenvalue weighted by Crippen LogP contribution is -2.19. The number of nitrogen functional groups attached to an aromatic ring is 1. The molecule has 0 radical (unpaired) electrons. The molecule has 1 amide bonds. The van der Waals surface area contributed by atoms with Crippen LogP contribution in [0, 0.1) is 5.82 Å². The number of halogens is 3. The molecule has 2 aromatic carbocycles. The van der Waals surface area contributed by atoms with Gasteiger partial charge in [-0.25, -0.2) is 4.39 Å². The average Bonchev–Trinajstić information content (AvgIpc) is 2.42. The fourth-order valence-electron chi connectivity index (χ4n) is 1.79. The Balaban J connectivity index is 2.49. The van der Waals surface area contributed by atoms with Crippen LogP contribution in [0.1, 0.15) is 10.4 Å². The predicted molar refractivity (Wildman–Crippen MR) is 83.9 cm³/mol. The molecule has 0 bridgehead atoms. The second-order valence-corrected chi connectivity index (χ2v) is 5.07. The minimum atomic E-state index is -0.547. The van der Waals surface area contributed by atoms with Gasteiger partial charge in [0.25, 0.3) is 5.91 Å². The number of carbonyl (C=O) groups is 1. The number of anilines is 3. The van der Waals surface area contributed by atoms with Crippen molar-refractivity contribution in [2.75, 3.05) is 18.1 Å². The lowest BCUT2D eigenvalue weighted by molar-refractivity contribution is 0.0964. The molecule has 7 heteroatoms. The molecule has 4 nitrogen and oxygen atoms in total. The zero-order valence-corrected chi connectivity index (χ0v) is 12.5. The molecule has 0 heterocycles. The van der Waals surface area contributed by atoms with Gasteiger partial charge in [0.05, 0.1) is 27.0 Å². The number of nitrogens with two attached hydrogens (primary N) is 1. The van der Waals surface area contributed by atoms with Crippen molar-refractivity contribution < 1.29 is 9.18 Å². The Labute approximate surface area is 131 Å². The van der Waals surface area contributed by atoms with Gasteiger partial charge in [-0.1, -0.05) is 23.2 Å². The maximum Gasteiger partial charge on any atom is 0.253 e. The zero-order valence-electron chi connectivity index (χ0n) is 11.0. The van der Waals surface area contributed by atoms with E-state index in [1.165, 1.54) is 7.05 Å². The van der Waals surface area contributed by atoms with E-state index < -0.39 is 5.82 Å². The maximum atomic E-state index is 13.2. The summed E-state index contributed by atoms with van der Waals surface area (Å²) in [6, 6.07) is 7.00. The summed E-state index contributed by atoms with van der Waals surface area (Å²) in [5.41, 5.74) is 7.27. The number of hydrogen-bond acceptors (Lipinski definition) is 3. The Bertz CT molecular complexity index is 684. The Morgan fingerprint density at radius 2 is 1.81 bits per heavy atom. The van der Waals surface area contributed by atoms with Crippen LogP contribution in [0.5, 0.6) is 0 Å². The van der Waals surface area contributed by atoms with Crippen molar-refractivity contribution in [2.24, 2.45) is 0 Å². The number of hydrogen-bond donors (Lipinski definition) is 3. The van der Waals surface area contributed by atoms with Crippen molar-refractivity contribution in [3.63, 3.8) is 0 Å². The Morgan fingerprint density at radius 1 is 1.19 bits per heavy atom. The van der Waals surface area contributed by atoms with E-state index in [-0.39, 0.29) is 16.0 Å². The molecular formula is C14H12Cl2FN3O. The normalized spacial score (nSPS) is 10.3. The largest absolute Gasteiger partial charge is 0.399 e. The summed E-state index contributed by atoms with van der Waals surface area (Å²) >= 11 is 11.9. The fourth-order valence-corrected chi connectivity index (χ4v) is 2.35. The van der Waals surface area contributed by atoms with Crippen molar-refractivity contribution in [2.45, 2.75) is 0 Å². The molecule has 2 rings (SSSR count). The number of carbonyl (C=O) groups excluding carboxylic acids is 1. The molecule has 0 fully saturated rings. The highest BCUT2D eigenvalue weighted by Crippen LogP contribution is 2.35. The van der Waals surface area contributed by atoms with E-state index in [2.05, 4.69) is 10.6 Å². The molecule has 0 saturated carbocycles. The van der Waals surface area contributed by atoms with Gasteiger partial charge in [0.2, 0.25) is 0 Å². The van der Waals surface area contributed by atoms with E-state index >= 15 is 0 Å². The van der Waals surface area contributed by atoms with Crippen molar-refractivity contribution in [3.8, 4) is 0 Å². The first-order valence-corrected chi connectivity index (χ1v) is 6.71. The first-order valence-electron chi connectivity index (χ1n) is 5.95. The van der Waals surface area contributed by atoms with E-state index in [9.17, 15) is 9.18 Å². The molecule has 0 aliphatic heterocycles. The summed E-state index contributed by atoms with van der Waals surface area (Å²) in [5.74, 6) is -0.846. The van der Waals surface area contributed by atoms with Crippen LogP contribution in [0.2, 0.25) is 10.0 Å². The van der Waals surface area contributed by atoms with E-state index in [0.717, 1.165) is 12.1 Å². The van der Waals surface area contributed by atoms with E-state index in [1.54, 1.807) is 18.2 Å². The molecule has 0 atom stereocenters. The number of amides is 1. The molecule has 0 saturated heterocycles. The second kappa shape index (κ2) is 6.20. The lowest BCUT2D eigenvalue weighted by atomic mass is 10.1. The molecule has 2 aromatic rings. The number of rotatable bonds is 3. The summed E-state index contributed by atoms with van der Waals surface area (Å²) < 4.78 is 13.2. The predicted octanol–water partition coefficient (Wildman–Crippen LogP) is 3.82. The summed E-state index contributed by atoms with van der Waals surface area (Å²) in [7, 11) is 1.51. The van der Waals surface area contributed by atoms with Gasteiger partial charge in [-0.05, 0) is 30.3 Å². The van der Waals surface area contributed by atoms with Crippen molar-refractivity contribution in [3.05, 3.63) is 51.8 Å². The number of benzene rings is 2. The third-order valence-corrected chi connectivity index (χ3v) is 3.38. The van der Waals surface area contributed by atoms with Crippen molar-refractivity contribution in [1.82, 2.24) is 5.32 Å². The molecule has 0 unspecified atom stereocenters. The molecule has 110 valence electrons. The molecular weight excluding hydrogens is 316 g/mol. The summed E-state index contributed by atoms with van der Waals surface area (Å²) in [6.07, 6.45) is 0. The number of nitrogens with one attached hydrogen (secondary N) is 2. The van der Waals surface area contributed by atoms with Gasteiger partial charge in [-0.3, -0.25) is 4.79 Å². The first kappa shape index (κ1) is 15.4. The molecule has 21 heavy (non-hydrogen) atoms. The molecule has 4 N–H and O–H groups in total. The van der Waals surface area contributed by atoms with E-state index in [0.29, 0.717) is 22.6 Å². The third kappa shape index (κ3) is 3.37. The van der Waals surface area contributed by atoms with Crippen LogP contribution in [-0.2, 0) is 0 Å². The van der Waals surface area contributed by atoms with Crippen LogP contribution in [0.3, 0.4) is 0 Å². The van der Waals surface area contributed by atoms with Crippen molar-refractivity contribution in [1.29, 1.82) is 0 Å². The monoisotopic (exact) mass is 327 g/mol. The van der Waals surface area contributed by atoms with Gasteiger partial charge >= 0.3 is 0 Å². The maximum absolute atomic E-state index is 13.2. The fraction of sp³-hybridized carbons (Fsp3) is 0.0714. The second-order valence-electron chi connectivity index (χ2n) is 4.25. The topological polar surface area (TPSA) is 67.2 Å². The highest BCUT2D eigenvalue weighted by atomic mass is 35.5. The van der Waals surface area contributed by atoms with Crippen molar-refractivity contribution >= 4 is 46.2 Å². The van der Waals surface area contributed by atoms with E-state index in [1.807, 2.05) is 0 Å². The summed E-state index contributed by atoms with van der Waals surface area (Å²) in [4.78, 5) is 11.8. The van der Waals surface area contributed by atoms with Crippen LogP contribution >= 0.6 is 23.2 Å². The Morgan fingerprint density at radius 3 is 2.38 bits per heavy atom. The summed E-state index contributed by atoms with van der Waals surface area (Å²) in [5, 5.41) is 5.64. The molecule has 0 aromatic heterocycles.